The Morgan fingerprint density at radius 2 is 1.45 bits per heavy atom. The number of allylic oxidation sites excluding steroid dienone is 2. The molecule has 0 aromatic carbocycles. The number of aliphatic hydroxyl groups is 1. The average Bonchev–Trinajstić information content (AvgIpc) is 2.45. The predicted molar refractivity (Wildman–Crippen MR) is 93.1 cm³/mol. The summed E-state index contributed by atoms with van der Waals surface area (Å²) in [6.45, 7) is 2.16. The predicted octanol–water partition coefficient (Wildman–Crippen LogP) is 4.35. The zero-order chi connectivity index (χ0) is 16.7. The van der Waals surface area contributed by atoms with Gasteiger partial charge < -0.3 is 10.2 Å². The van der Waals surface area contributed by atoms with Crippen LogP contribution in [-0.2, 0) is 4.79 Å². The second-order valence-corrected chi connectivity index (χ2v) is 5.89. The van der Waals surface area contributed by atoms with Gasteiger partial charge in [0.15, 0.2) is 0 Å². The first-order valence-corrected chi connectivity index (χ1v) is 8.56. The summed E-state index contributed by atoms with van der Waals surface area (Å²) in [6.07, 6.45) is 17.7. The molecule has 0 rings (SSSR count). The van der Waals surface area contributed by atoms with Crippen LogP contribution < -0.4 is 0 Å². The normalized spacial score (nSPS) is 14.6. The van der Waals surface area contributed by atoms with Gasteiger partial charge in [0.05, 0.1) is 5.50 Å². The van der Waals surface area contributed by atoms with Crippen molar-refractivity contribution in [3.05, 3.63) is 24.3 Å². The minimum atomic E-state index is -1.34. The van der Waals surface area contributed by atoms with Gasteiger partial charge in [-0.3, -0.25) is 4.79 Å². The topological polar surface area (TPSA) is 57.5 Å². The first kappa shape index (κ1) is 21.0. The fourth-order valence-corrected chi connectivity index (χ4v) is 2.18. The van der Waals surface area contributed by atoms with Crippen LogP contribution >= 0.6 is 0 Å². The van der Waals surface area contributed by atoms with Gasteiger partial charge in [-0.1, -0.05) is 63.3 Å². The third kappa shape index (κ3) is 15.4. The molecular weight excluding hydrogens is 275 g/mol. The molecule has 3 nitrogen and oxygen atoms in total. The van der Waals surface area contributed by atoms with Crippen LogP contribution in [0.2, 0.25) is 0 Å². The molecule has 0 aliphatic carbocycles. The molecule has 0 spiro atoms. The van der Waals surface area contributed by atoms with E-state index in [9.17, 15) is 9.90 Å². The first-order valence-electron chi connectivity index (χ1n) is 8.56. The summed E-state index contributed by atoms with van der Waals surface area (Å²) in [4.78, 5) is 10.3. The van der Waals surface area contributed by atoms with E-state index < -0.39 is 11.5 Å². The maximum absolute atomic E-state index is 10.3. The van der Waals surface area contributed by atoms with Crippen LogP contribution in [-0.4, -0.2) is 29.5 Å². The smallest absolute Gasteiger partial charge is 0.303 e. The molecular formula is C18H31BO3. The highest BCUT2D eigenvalue weighted by molar-refractivity contribution is 6.17. The van der Waals surface area contributed by atoms with Gasteiger partial charge >= 0.3 is 5.97 Å². The SMILES string of the molecule is [B]C(O)(/C=C\CCCCC)/C=C\CCCCCCCC(=O)O. The number of carbonyl (C=O) groups is 1. The molecule has 0 aromatic rings. The van der Waals surface area contributed by atoms with Crippen LogP contribution in [0, 0.1) is 0 Å². The quantitative estimate of drug-likeness (QED) is 0.285. The fraction of sp³-hybridized carbons (Fsp3) is 0.722. The van der Waals surface area contributed by atoms with Gasteiger partial charge in [0.25, 0.3) is 0 Å². The molecule has 2 N–H and O–H groups in total. The Morgan fingerprint density at radius 3 is 2.00 bits per heavy atom. The van der Waals surface area contributed by atoms with Crippen molar-refractivity contribution < 1.29 is 15.0 Å². The van der Waals surface area contributed by atoms with E-state index in [4.69, 9.17) is 13.0 Å². The third-order valence-corrected chi connectivity index (χ3v) is 3.51. The largest absolute Gasteiger partial charge is 0.481 e. The second-order valence-electron chi connectivity index (χ2n) is 5.89. The number of unbranched alkanes of at least 4 members (excludes halogenated alkanes) is 8. The van der Waals surface area contributed by atoms with E-state index in [0.29, 0.717) is 0 Å². The number of carboxylic acids is 1. The summed E-state index contributed by atoms with van der Waals surface area (Å²) in [5.41, 5.74) is -1.34. The van der Waals surface area contributed by atoms with Crippen molar-refractivity contribution in [3.63, 3.8) is 0 Å². The molecule has 0 aliphatic rings. The van der Waals surface area contributed by atoms with Crippen molar-refractivity contribution >= 4 is 13.8 Å². The molecule has 0 saturated carbocycles. The maximum Gasteiger partial charge on any atom is 0.303 e. The van der Waals surface area contributed by atoms with Crippen LogP contribution in [0.25, 0.3) is 0 Å². The monoisotopic (exact) mass is 306 g/mol. The highest BCUT2D eigenvalue weighted by Crippen LogP contribution is 2.10. The molecule has 1 atom stereocenters. The van der Waals surface area contributed by atoms with E-state index >= 15 is 0 Å². The summed E-state index contributed by atoms with van der Waals surface area (Å²) in [6, 6.07) is 0. The lowest BCUT2D eigenvalue weighted by Gasteiger charge is -2.14. The molecule has 124 valence electrons. The zero-order valence-electron chi connectivity index (χ0n) is 14.0. The third-order valence-electron chi connectivity index (χ3n) is 3.51. The standard InChI is InChI=1S/C18H31BO3/c1-2-3-4-9-12-15-18(19,22)16-13-10-7-5-6-8-11-14-17(20)21/h12-13,15-16,22H,2-11,14H2,1H3,(H,20,21)/b15-12-,16-13-. The van der Waals surface area contributed by atoms with Gasteiger partial charge in [0, 0.05) is 6.42 Å². The lowest BCUT2D eigenvalue weighted by atomic mass is 9.80. The molecule has 22 heavy (non-hydrogen) atoms. The molecule has 0 amide bonds. The van der Waals surface area contributed by atoms with Crippen LogP contribution in [0.15, 0.2) is 24.3 Å². The summed E-state index contributed by atoms with van der Waals surface area (Å²) in [5, 5.41) is 18.5. The highest BCUT2D eigenvalue weighted by Gasteiger charge is 2.09. The van der Waals surface area contributed by atoms with Gasteiger partial charge in [-0.05, 0) is 32.1 Å². The first-order chi connectivity index (χ1) is 10.5. The molecule has 0 aliphatic heterocycles. The van der Waals surface area contributed by atoms with E-state index in [1.807, 2.05) is 12.2 Å². The van der Waals surface area contributed by atoms with Crippen LogP contribution in [0.5, 0.6) is 0 Å². The van der Waals surface area contributed by atoms with Crippen molar-refractivity contribution in [1.29, 1.82) is 0 Å². The second kappa shape index (κ2) is 13.6. The van der Waals surface area contributed by atoms with Crippen molar-refractivity contribution in [1.82, 2.24) is 0 Å². The Balaban J connectivity index is 3.62. The van der Waals surface area contributed by atoms with Crippen LogP contribution in [0.4, 0.5) is 0 Å². The van der Waals surface area contributed by atoms with Crippen LogP contribution in [0.1, 0.15) is 77.6 Å². The minimum absolute atomic E-state index is 0.269. The lowest BCUT2D eigenvalue weighted by Crippen LogP contribution is -2.22. The maximum atomic E-state index is 10.3. The van der Waals surface area contributed by atoms with Gasteiger partial charge in [-0.25, -0.2) is 0 Å². The van der Waals surface area contributed by atoms with Gasteiger partial charge in [0.1, 0.15) is 7.85 Å². The fourth-order valence-electron chi connectivity index (χ4n) is 2.18. The van der Waals surface area contributed by atoms with Crippen LogP contribution in [0.3, 0.4) is 0 Å². The molecule has 0 bridgehead atoms. The van der Waals surface area contributed by atoms with E-state index in [0.717, 1.165) is 51.4 Å². The van der Waals surface area contributed by atoms with E-state index in [2.05, 4.69) is 6.92 Å². The molecule has 0 fully saturated rings. The minimum Gasteiger partial charge on any atom is -0.481 e. The Kier molecular flexibility index (Phi) is 13.0. The summed E-state index contributed by atoms with van der Waals surface area (Å²) < 4.78 is 0. The summed E-state index contributed by atoms with van der Waals surface area (Å²) in [5.74, 6) is -0.715. The average molecular weight is 306 g/mol. The molecule has 0 saturated heterocycles. The molecule has 1 unspecified atom stereocenters. The number of aliphatic carboxylic acids is 1. The van der Waals surface area contributed by atoms with Crippen molar-refractivity contribution in [2.24, 2.45) is 0 Å². The Morgan fingerprint density at radius 1 is 0.955 bits per heavy atom. The number of hydrogen-bond acceptors (Lipinski definition) is 2. The lowest BCUT2D eigenvalue weighted by molar-refractivity contribution is -0.137. The highest BCUT2D eigenvalue weighted by atomic mass is 16.4. The summed E-state index contributed by atoms with van der Waals surface area (Å²) >= 11 is 0. The van der Waals surface area contributed by atoms with Crippen molar-refractivity contribution in [2.45, 2.75) is 83.1 Å². The summed E-state index contributed by atoms with van der Waals surface area (Å²) in [7, 11) is 5.77. The molecule has 2 radical (unpaired) electrons. The van der Waals surface area contributed by atoms with E-state index in [1.54, 1.807) is 12.2 Å². The Hall–Kier alpha value is -1.03. The van der Waals surface area contributed by atoms with E-state index in [1.165, 1.54) is 12.8 Å². The Labute approximate surface area is 136 Å². The van der Waals surface area contributed by atoms with Gasteiger partial charge in [-0.2, -0.15) is 0 Å². The van der Waals surface area contributed by atoms with Crippen molar-refractivity contribution in [2.75, 3.05) is 0 Å². The van der Waals surface area contributed by atoms with Gasteiger partial charge in [0.2, 0.25) is 0 Å². The van der Waals surface area contributed by atoms with Gasteiger partial charge in [-0.15, -0.1) is 0 Å². The number of rotatable bonds is 14. The number of carboxylic acid groups (broad SMARTS) is 1. The van der Waals surface area contributed by atoms with Crippen molar-refractivity contribution in [3.8, 4) is 0 Å². The Bertz CT molecular complexity index is 335. The molecule has 4 heteroatoms. The van der Waals surface area contributed by atoms with E-state index in [-0.39, 0.29) is 6.42 Å². The number of hydrogen-bond donors (Lipinski definition) is 2. The zero-order valence-corrected chi connectivity index (χ0v) is 14.0. The molecule has 0 aromatic heterocycles. The molecule has 0 heterocycles.